The summed E-state index contributed by atoms with van der Waals surface area (Å²) in [4.78, 5) is 25.1. The largest absolute Gasteiger partial charge is 0.493 e. The van der Waals surface area contributed by atoms with Gasteiger partial charge in [-0.1, -0.05) is 12.1 Å². The summed E-state index contributed by atoms with van der Waals surface area (Å²) >= 11 is 0. The van der Waals surface area contributed by atoms with Crippen LogP contribution < -0.4 is 18.9 Å². The molecule has 3 aromatic carbocycles. The van der Waals surface area contributed by atoms with E-state index in [0.717, 1.165) is 102 Å². The molecule has 3 aliphatic heterocycles. The van der Waals surface area contributed by atoms with E-state index in [0.29, 0.717) is 48.5 Å². The van der Waals surface area contributed by atoms with Crippen LogP contribution in [0.3, 0.4) is 0 Å². The number of nitrogens with zero attached hydrogens (tertiary/aromatic N) is 2. The molecular formula is C43H56N2O11+2. The number of carbonyl (C=O) groups is 2. The minimum absolute atomic E-state index is 0.0315. The molecule has 13 heteroatoms. The van der Waals surface area contributed by atoms with Crippen molar-refractivity contribution in [3.63, 3.8) is 0 Å². The molecule has 302 valence electrons. The zero-order valence-corrected chi connectivity index (χ0v) is 32.8. The molecule has 0 aliphatic carbocycles. The molecule has 1 fully saturated rings. The average Bonchev–Trinajstić information content (AvgIpc) is 3.69. The summed E-state index contributed by atoms with van der Waals surface area (Å²) in [5.74, 6) is 1.67. The van der Waals surface area contributed by atoms with Crippen molar-refractivity contribution in [2.75, 3.05) is 87.2 Å². The number of methoxy groups -OCH3 is 2. The number of carbonyl (C=O) groups excluding carboxylic acids is 2. The van der Waals surface area contributed by atoms with Crippen molar-refractivity contribution in [2.45, 2.75) is 51.5 Å². The van der Waals surface area contributed by atoms with E-state index in [4.69, 9.17) is 33.2 Å². The number of hydrogen-bond acceptors (Lipinski definition) is 11. The number of aliphatic hydroxyl groups is 2. The summed E-state index contributed by atoms with van der Waals surface area (Å²) in [6.07, 6.45) is 5.05. The Hall–Kier alpha value is -4.66. The Morgan fingerprint density at radius 2 is 1.45 bits per heavy atom. The number of ether oxygens (including phenoxy) is 7. The van der Waals surface area contributed by atoms with Crippen LogP contribution in [-0.2, 0) is 56.4 Å². The van der Waals surface area contributed by atoms with Gasteiger partial charge in [0.15, 0.2) is 23.0 Å². The van der Waals surface area contributed by atoms with Gasteiger partial charge >= 0.3 is 11.9 Å². The van der Waals surface area contributed by atoms with Crippen LogP contribution in [0.2, 0.25) is 0 Å². The molecule has 56 heavy (non-hydrogen) atoms. The SMILES string of the molecule is COc1ccc(C[C@@H]2c3cc(CO)c(CO)cc3CC[N@@+]2(C)CCCOC(=O)C=CC(=O)OCCC[N+]2(Cc3ccc4c(c3)OCO4)CCOCC2)cc1OC. The van der Waals surface area contributed by atoms with Gasteiger partial charge in [0.2, 0.25) is 6.79 Å². The second kappa shape index (κ2) is 19.0. The molecule has 1 saturated heterocycles. The highest BCUT2D eigenvalue weighted by atomic mass is 16.7. The Morgan fingerprint density at radius 3 is 2.14 bits per heavy atom. The molecule has 3 heterocycles. The van der Waals surface area contributed by atoms with Crippen molar-refractivity contribution in [3.05, 3.63) is 94.1 Å². The van der Waals surface area contributed by atoms with Crippen LogP contribution in [0.1, 0.15) is 52.3 Å². The molecular weight excluding hydrogens is 720 g/mol. The minimum Gasteiger partial charge on any atom is -0.493 e. The Balaban J connectivity index is 0.991. The predicted octanol–water partition coefficient (Wildman–Crippen LogP) is 4.17. The van der Waals surface area contributed by atoms with Crippen molar-refractivity contribution in [2.24, 2.45) is 0 Å². The summed E-state index contributed by atoms with van der Waals surface area (Å²) in [7, 11) is 5.45. The van der Waals surface area contributed by atoms with E-state index in [1.165, 1.54) is 5.56 Å². The maximum Gasteiger partial charge on any atom is 0.331 e. The van der Waals surface area contributed by atoms with Crippen LogP contribution >= 0.6 is 0 Å². The highest BCUT2D eigenvalue weighted by Gasteiger charge is 2.39. The number of fused-ring (bicyclic) bond motifs is 2. The lowest BCUT2D eigenvalue weighted by Crippen LogP contribution is -2.55. The molecule has 0 saturated carbocycles. The summed E-state index contributed by atoms with van der Waals surface area (Å²) < 4.78 is 40.2. The Labute approximate surface area is 329 Å². The van der Waals surface area contributed by atoms with Gasteiger partial charge < -0.3 is 52.3 Å². The summed E-state index contributed by atoms with van der Waals surface area (Å²) in [5.41, 5.74) is 6.01. The molecule has 13 nitrogen and oxygen atoms in total. The van der Waals surface area contributed by atoms with E-state index in [1.54, 1.807) is 14.2 Å². The number of quaternary nitrogens is 2. The molecule has 0 amide bonds. The van der Waals surface area contributed by atoms with Gasteiger partial charge in [0.05, 0.1) is 80.5 Å². The first-order valence-corrected chi connectivity index (χ1v) is 19.4. The van der Waals surface area contributed by atoms with E-state index in [1.807, 2.05) is 42.5 Å². The lowest BCUT2D eigenvalue weighted by Gasteiger charge is -2.46. The van der Waals surface area contributed by atoms with E-state index < -0.39 is 11.9 Å². The van der Waals surface area contributed by atoms with Crippen molar-refractivity contribution < 1.29 is 61.9 Å². The van der Waals surface area contributed by atoms with Gasteiger partial charge in [0.25, 0.3) is 0 Å². The highest BCUT2D eigenvalue weighted by molar-refractivity contribution is 5.91. The number of aliphatic hydroxyl groups excluding tert-OH is 2. The maximum absolute atomic E-state index is 12.6. The third-order valence-electron chi connectivity index (χ3n) is 11.5. The molecule has 2 N–H and O–H groups in total. The molecule has 0 radical (unpaired) electrons. The van der Waals surface area contributed by atoms with Gasteiger partial charge in [-0.05, 0) is 58.7 Å². The average molecular weight is 777 g/mol. The van der Waals surface area contributed by atoms with Crippen molar-refractivity contribution >= 4 is 11.9 Å². The number of benzene rings is 3. The van der Waals surface area contributed by atoms with Gasteiger partial charge in [-0.15, -0.1) is 0 Å². The first-order valence-electron chi connectivity index (χ1n) is 19.4. The quantitative estimate of drug-likeness (QED) is 0.0834. The summed E-state index contributed by atoms with van der Waals surface area (Å²) in [6, 6.07) is 16.1. The number of esters is 2. The summed E-state index contributed by atoms with van der Waals surface area (Å²) in [5, 5.41) is 20.1. The third kappa shape index (κ3) is 10.0. The number of hydrogen-bond donors (Lipinski definition) is 2. The molecule has 6 rings (SSSR count). The summed E-state index contributed by atoms with van der Waals surface area (Å²) in [6.45, 7) is 6.70. The van der Waals surface area contributed by atoms with Crippen LogP contribution in [-0.4, -0.2) is 118 Å². The third-order valence-corrected chi connectivity index (χ3v) is 11.5. The second-order valence-electron chi connectivity index (χ2n) is 15.1. The van der Waals surface area contributed by atoms with E-state index in [-0.39, 0.29) is 39.3 Å². The lowest BCUT2D eigenvalue weighted by molar-refractivity contribution is -0.947. The number of likely N-dealkylation sites (N-methyl/N-ethyl adjacent to an activating group) is 1. The Bertz CT molecular complexity index is 1860. The molecule has 0 unspecified atom stereocenters. The van der Waals surface area contributed by atoms with E-state index in [2.05, 4.69) is 13.1 Å². The van der Waals surface area contributed by atoms with Crippen LogP contribution in [0, 0.1) is 0 Å². The molecule has 3 aromatic rings. The van der Waals surface area contributed by atoms with Crippen molar-refractivity contribution in [1.29, 1.82) is 0 Å². The monoisotopic (exact) mass is 776 g/mol. The Kier molecular flexibility index (Phi) is 13.9. The topological polar surface area (TPSA) is 139 Å². The molecule has 3 aliphatic rings. The van der Waals surface area contributed by atoms with Gasteiger partial charge in [-0.25, -0.2) is 9.59 Å². The number of morpholine rings is 1. The standard InChI is InChI=1S/C43H56N2O11/c1-44(15-12-33-25-34(28-46)35(29-47)26-36(33)37(44)22-31-6-8-38(50-2)40(23-31)51-3)13-4-18-53-42(48)10-11-43(49)54-19-5-14-45(16-20-52-21-17-45)27-32-7-9-39-41(24-32)56-30-55-39/h6-11,23-26,37,46-47H,4-5,12-22,27-30H2,1-3H3/q+2/t37-,44-/m1/s1. The zero-order chi connectivity index (χ0) is 39.5. The van der Waals surface area contributed by atoms with Crippen LogP contribution in [0.15, 0.2) is 60.7 Å². The molecule has 0 aromatic heterocycles. The number of rotatable bonds is 18. The maximum atomic E-state index is 12.6. The fourth-order valence-electron chi connectivity index (χ4n) is 8.30. The van der Waals surface area contributed by atoms with Gasteiger partial charge in [0.1, 0.15) is 25.7 Å². The van der Waals surface area contributed by atoms with E-state index >= 15 is 0 Å². The normalized spacial score (nSPS) is 19.7. The van der Waals surface area contributed by atoms with Crippen molar-refractivity contribution in [3.8, 4) is 23.0 Å². The van der Waals surface area contributed by atoms with Gasteiger partial charge in [-0.3, -0.25) is 0 Å². The molecule has 0 spiro atoms. The fraction of sp³-hybridized carbons (Fsp3) is 0.488. The van der Waals surface area contributed by atoms with Crippen LogP contribution in [0.4, 0.5) is 0 Å². The van der Waals surface area contributed by atoms with Gasteiger partial charge in [0, 0.05) is 49.0 Å². The van der Waals surface area contributed by atoms with Crippen LogP contribution in [0.5, 0.6) is 23.0 Å². The second-order valence-corrected chi connectivity index (χ2v) is 15.1. The van der Waals surface area contributed by atoms with Gasteiger partial charge in [-0.2, -0.15) is 0 Å². The first kappa shape index (κ1) is 41.0. The molecule has 0 bridgehead atoms. The predicted molar refractivity (Wildman–Crippen MR) is 206 cm³/mol. The molecule has 2 atom stereocenters. The lowest BCUT2D eigenvalue weighted by atomic mass is 9.84. The van der Waals surface area contributed by atoms with Crippen molar-refractivity contribution in [1.82, 2.24) is 0 Å². The first-order chi connectivity index (χ1) is 27.2. The van der Waals surface area contributed by atoms with E-state index in [9.17, 15) is 19.8 Å². The van der Waals surface area contributed by atoms with Crippen LogP contribution in [0.25, 0.3) is 0 Å². The minimum atomic E-state index is -0.596. The zero-order valence-electron chi connectivity index (χ0n) is 32.8. The Morgan fingerprint density at radius 1 is 0.786 bits per heavy atom. The smallest absolute Gasteiger partial charge is 0.331 e. The fourth-order valence-corrected chi connectivity index (χ4v) is 8.30. The highest BCUT2D eigenvalue weighted by Crippen LogP contribution is 2.40.